The predicted octanol–water partition coefficient (Wildman–Crippen LogP) is 2.64. The lowest BCUT2D eigenvalue weighted by molar-refractivity contribution is 0.0335. The molecule has 1 aromatic carbocycles. The van der Waals surface area contributed by atoms with Gasteiger partial charge in [0, 0.05) is 11.1 Å². The SMILES string of the molecule is CCOCCOC(=O)c1ccc(Br)cc1. The summed E-state index contributed by atoms with van der Waals surface area (Å²) in [4.78, 5) is 11.4. The molecule has 0 unspecified atom stereocenters. The summed E-state index contributed by atoms with van der Waals surface area (Å²) < 4.78 is 11.0. The molecule has 0 aliphatic heterocycles. The van der Waals surface area contributed by atoms with Crippen molar-refractivity contribution >= 4 is 21.9 Å². The minimum absolute atomic E-state index is 0.294. The monoisotopic (exact) mass is 272 g/mol. The molecule has 0 saturated heterocycles. The number of ether oxygens (including phenoxy) is 2. The maximum absolute atomic E-state index is 11.4. The van der Waals surface area contributed by atoms with Crippen molar-refractivity contribution in [1.82, 2.24) is 0 Å². The van der Waals surface area contributed by atoms with Crippen LogP contribution in [0.2, 0.25) is 0 Å². The van der Waals surface area contributed by atoms with Crippen molar-refractivity contribution in [1.29, 1.82) is 0 Å². The van der Waals surface area contributed by atoms with Gasteiger partial charge in [0.25, 0.3) is 0 Å². The number of carbonyl (C=O) groups is 1. The Kier molecular flexibility index (Phi) is 5.36. The Labute approximate surface area is 97.5 Å². The van der Waals surface area contributed by atoms with Gasteiger partial charge >= 0.3 is 5.97 Å². The van der Waals surface area contributed by atoms with E-state index in [2.05, 4.69) is 15.9 Å². The van der Waals surface area contributed by atoms with Gasteiger partial charge in [-0.1, -0.05) is 15.9 Å². The highest BCUT2D eigenvalue weighted by Crippen LogP contribution is 2.11. The first-order valence-electron chi connectivity index (χ1n) is 4.74. The third-order valence-corrected chi connectivity index (χ3v) is 2.27. The molecule has 82 valence electrons. The van der Waals surface area contributed by atoms with Crippen molar-refractivity contribution in [3.8, 4) is 0 Å². The highest BCUT2D eigenvalue weighted by molar-refractivity contribution is 9.10. The lowest BCUT2D eigenvalue weighted by Crippen LogP contribution is -2.10. The van der Waals surface area contributed by atoms with Gasteiger partial charge in [0.1, 0.15) is 6.61 Å². The van der Waals surface area contributed by atoms with Crippen LogP contribution in [0.4, 0.5) is 0 Å². The summed E-state index contributed by atoms with van der Waals surface area (Å²) in [5.41, 5.74) is 0.551. The fourth-order valence-corrected chi connectivity index (χ4v) is 1.27. The van der Waals surface area contributed by atoms with Gasteiger partial charge in [-0.3, -0.25) is 0 Å². The smallest absolute Gasteiger partial charge is 0.338 e. The molecule has 0 N–H and O–H groups in total. The Hall–Kier alpha value is -0.870. The van der Waals surface area contributed by atoms with Gasteiger partial charge in [0.05, 0.1) is 12.2 Å². The lowest BCUT2D eigenvalue weighted by atomic mass is 10.2. The van der Waals surface area contributed by atoms with Crippen LogP contribution in [-0.4, -0.2) is 25.8 Å². The molecule has 0 saturated carbocycles. The normalized spacial score (nSPS) is 10.0. The van der Waals surface area contributed by atoms with Gasteiger partial charge in [-0.05, 0) is 31.2 Å². The number of rotatable bonds is 5. The molecule has 0 fully saturated rings. The summed E-state index contributed by atoms with van der Waals surface area (Å²) in [6.07, 6.45) is 0. The summed E-state index contributed by atoms with van der Waals surface area (Å²) in [6, 6.07) is 7.04. The first-order chi connectivity index (χ1) is 7.24. The van der Waals surface area contributed by atoms with Crippen LogP contribution in [0.5, 0.6) is 0 Å². The highest BCUT2D eigenvalue weighted by Gasteiger charge is 2.05. The number of carbonyl (C=O) groups excluding carboxylic acids is 1. The van der Waals surface area contributed by atoms with E-state index in [9.17, 15) is 4.79 Å². The molecule has 0 radical (unpaired) electrons. The number of hydrogen-bond acceptors (Lipinski definition) is 3. The van der Waals surface area contributed by atoms with Gasteiger partial charge in [0.2, 0.25) is 0 Å². The predicted molar refractivity (Wildman–Crippen MR) is 60.9 cm³/mol. The highest BCUT2D eigenvalue weighted by atomic mass is 79.9. The van der Waals surface area contributed by atoms with Crippen LogP contribution in [0.3, 0.4) is 0 Å². The molecule has 4 heteroatoms. The number of halogens is 1. The number of benzene rings is 1. The van der Waals surface area contributed by atoms with Gasteiger partial charge in [0.15, 0.2) is 0 Å². The maximum Gasteiger partial charge on any atom is 0.338 e. The van der Waals surface area contributed by atoms with Crippen molar-refractivity contribution in [2.24, 2.45) is 0 Å². The van der Waals surface area contributed by atoms with Gasteiger partial charge in [-0.25, -0.2) is 4.79 Å². The third kappa shape index (κ3) is 4.44. The van der Waals surface area contributed by atoms with Crippen LogP contribution in [0, 0.1) is 0 Å². The molecule has 0 aromatic heterocycles. The Balaban J connectivity index is 2.37. The molecular weight excluding hydrogens is 260 g/mol. The largest absolute Gasteiger partial charge is 0.460 e. The van der Waals surface area contributed by atoms with Gasteiger partial charge < -0.3 is 9.47 Å². The van der Waals surface area contributed by atoms with Crippen molar-refractivity contribution in [3.05, 3.63) is 34.3 Å². The van der Waals surface area contributed by atoms with Crippen molar-refractivity contribution in [3.63, 3.8) is 0 Å². The second-order valence-corrected chi connectivity index (χ2v) is 3.76. The van der Waals surface area contributed by atoms with Gasteiger partial charge in [-0.15, -0.1) is 0 Å². The van der Waals surface area contributed by atoms with Crippen LogP contribution >= 0.6 is 15.9 Å². The molecule has 0 atom stereocenters. The molecule has 15 heavy (non-hydrogen) atoms. The Morgan fingerprint density at radius 1 is 1.27 bits per heavy atom. The molecule has 1 rings (SSSR count). The fourth-order valence-electron chi connectivity index (χ4n) is 1.01. The van der Waals surface area contributed by atoms with E-state index in [0.717, 1.165) is 4.47 Å². The minimum Gasteiger partial charge on any atom is -0.460 e. The second kappa shape index (κ2) is 6.58. The van der Waals surface area contributed by atoms with E-state index < -0.39 is 0 Å². The average Bonchev–Trinajstić information content (AvgIpc) is 2.25. The zero-order valence-corrected chi connectivity index (χ0v) is 10.1. The minimum atomic E-state index is -0.317. The Morgan fingerprint density at radius 2 is 1.93 bits per heavy atom. The zero-order valence-electron chi connectivity index (χ0n) is 8.53. The number of esters is 1. The topological polar surface area (TPSA) is 35.5 Å². The van der Waals surface area contributed by atoms with E-state index in [0.29, 0.717) is 25.4 Å². The van der Waals surface area contributed by atoms with Crippen LogP contribution in [0.25, 0.3) is 0 Å². The molecule has 0 aliphatic rings. The van der Waals surface area contributed by atoms with E-state index in [1.54, 1.807) is 24.3 Å². The Morgan fingerprint density at radius 3 is 2.53 bits per heavy atom. The summed E-state index contributed by atoms with van der Waals surface area (Å²) in [5, 5.41) is 0. The summed E-state index contributed by atoms with van der Waals surface area (Å²) >= 11 is 3.30. The molecule has 3 nitrogen and oxygen atoms in total. The van der Waals surface area contributed by atoms with Crippen LogP contribution < -0.4 is 0 Å². The van der Waals surface area contributed by atoms with Crippen molar-refractivity contribution in [2.75, 3.05) is 19.8 Å². The fraction of sp³-hybridized carbons (Fsp3) is 0.364. The Bertz CT molecular complexity index is 308. The van der Waals surface area contributed by atoms with E-state index >= 15 is 0 Å². The van der Waals surface area contributed by atoms with E-state index in [4.69, 9.17) is 9.47 Å². The first kappa shape index (κ1) is 12.2. The van der Waals surface area contributed by atoms with Crippen molar-refractivity contribution in [2.45, 2.75) is 6.92 Å². The van der Waals surface area contributed by atoms with E-state index in [-0.39, 0.29) is 5.97 Å². The quantitative estimate of drug-likeness (QED) is 0.611. The molecular formula is C11H13BrO3. The van der Waals surface area contributed by atoms with Crippen LogP contribution in [-0.2, 0) is 9.47 Å². The molecule has 0 aliphatic carbocycles. The standard InChI is InChI=1S/C11H13BrO3/c1-2-14-7-8-15-11(13)9-3-5-10(12)6-4-9/h3-6H,2,7-8H2,1H3. The molecule has 0 bridgehead atoms. The lowest BCUT2D eigenvalue weighted by Gasteiger charge is -2.04. The maximum atomic E-state index is 11.4. The summed E-state index contributed by atoms with van der Waals surface area (Å²) in [7, 11) is 0. The van der Waals surface area contributed by atoms with E-state index in [1.807, 2.05) is 6.92 Å². The van der Waals surface area contributed by atoms with Crippen LogP contribution in [0.15, 0.2) is 28.7 Å². The summed E-state index contributed by atoms with van der Waals surface area (Å²) in [6.45, 7) is 3.27. The second-order valence-electron chi connectivity index (χ2n) is 2.84. The first-order valence-corrected chi connectivity index (χ1v) is 5.53. The number of hydrogen-bond donors (Lipinski definition) is 0. The molecule has 0 amide bonds. The van der Waals surface area contributed by atoms with Crippen LogP contribution in [0.1, 0.15) is 17.3 Å². The molecule has 0 heterocycles. The van der Waals surface area contributed by atoms with Gasteiger partial charge in [-0.2, -0.15) is 0 Å². The molecule has 0 spiro atoms. The van der Waals surface area contributed by atoms with E-state index in [1.165, 1.54) is 0 Å². The third-order valence-electron chi connectivity index (χ3n) is 1.74. The average molecular weight is 273 g/mol. The summed E-state index contributed by atoms with van der Waals surface area (Å²) in [5.74, 6) is -0.317. The van der Waals surface area contributed by atoms with Crippen molar-refractivity contribution < 1.29 is 14.3 Å². The molecule has 1 aromatic rings. The zero-order chi connectivity index (χ0) is 11.1.